The highest BCUT2D eigenvalue weighted by atomic mass is 19.1. The van der Waals surface area contributed by atoms with Gasteiger partial charge in [0, 0.05) is 5.92 Å². The minimum atomic E-state index is -0.922. The molecule has 0 aromatic rings. The summed E-state index contributed by atoms with van der Waals surface area (Å²) < 4.78 is 13.6. The summed E-state index contributed by atoms with van der Waals surface area (Å²) in [6.45, 7) is 2.39. The fourth-order valence-corrected chi connectivity index (χ4v) is 1.67. The molecule has 1 atom stereocenters. The number of alkyl halides is 1. The minimum absolute atomic E-state index is 0.0509. The molecule has 1 aliphatic carbocycles. The van der Waals surface area contributed by atoms with E-state index in [0.717, 1.165) is 25.7 Å². The summed E-state index contributed by atoms with van der Waals surface area (Å²) in [7, 11) is 0. The van der Waals surface area contributed by atoms with Gasteiger partial charge in [0.05, 0.1) is 0 Å². The third-order valence-electron chi connectivity index (χ3n) is 2.67. The Balaban J connectivity index is 2.49. The molecule has 2 N–H and O–H groups in total. The summed E-state index contributed by atoms with van der Waals surface area (Å²) in [4.78, 5) is 0. The predicted molar refractivity (Wildman–Crippen MR) is 40.5 cm³/mol. The second-order valence-corrected chi connectivity index (χ2v) is 3.38. The number of nitrogens with two attached hydrogens (primary N) is 1. The van der Waals surface area contributed by atoms with E-state index in [1.54, 1.807) is 0 Å². The maximum Gasteiger partial charge on any atom is 0.114 e. The van der Waals surface area contributed by atoms with Crippen LogP contribution >= 0.6 is 0 Å². The molecule has 1 nitrogen and oxygen atoms in total. The van der Waals surface area contributed by atoms with E-state index in [1.807, 2.05) is 6.92 Å². The number of halogens is 1. The van der Waals surface area contributed by atoms with Crippen molar-refractivity contribution in [3.05, 3.63) is 0 Å². The van der Waals surface area contributed by atoms with Gasteiger partial charge < -0.3 is 5.73 Å². The van der Waals surface area contributed by atoms with Crippen LogP contribution in [0.4, 0.5) is 4.39 Å². The van der Waals surface area contributed by atoms with Crippen LogP contribution in [0.15, 0.2) is 0 Å². The third kappa shape index (κ3) is 1.31. The van der Waals surface area contributed by atoms with Crippen LogP contribution in [0.1, 0.15) is 32.6 Å². The van der Waals surface area contributed by atoms with Gasteiger partial charge in [0.1, 0.15) is 5.67 Å². The molecule has 1 saturated carbocycles. The van der Waals surface area contributed by atoms with Crippen LogP contribution in [-0.2, 0) is 0 Å². The molecule has 0 aromatic carbocycles. The van der Waals surface area contributed by atoms with Crippen LogP contribution in [0, 0.1) is 5.92 Å². The Labute approximate surface area is 61.8 Å². The van der Waals surface area contributed by atoms with Crippen molar-refractivity contribution in [1.29, 1.82) is 0 Å². The quantitative estimate of drug-likeness (QED) is 0.630. The van der Waals surface area contributed by atoms with Crippen molar-refractivity contribution >= 4 is 0 Å². The molecule has 60 valence electrons. The molecule has 0 amide bonds. The highest BCUT2D eigenvalue weighted by molar-refractivity contribution is 4.89. The monoisotopic (exact) mass is 145 g/mol. The van der Waals surface area contributed by atoms with E-state index in [4.69, 9.17) is 5.73 Å². The van der Waals surface area contributed by atoms with Crippen molar-refractivity contribution in [3.8, 4) is 0 Å². The molecule has 0 radical (unpaired) electrons. The minimum Gasteiger partial charge on any atom is -0.330 e. The average molecular weight is 145 g/mol. The van der Waals surface area contributed by atoms with E-state index in [9.17, 15) is 4.39 Å². The Morgan fingerprint density at radius 2 is 2.00 bits per heavy atom. The van der Waals surface area contributed by atoms with Gasteiger partial charge in [-0.15, -0.1) is 0 Å². The molecule has 1 unspecified atom stereocenters. The summed E-state index contributed by atoms with van der Waals surface area (Å²) in [5.41, 5.74) is 4.48. The number of hydrogen-bond donors (Lipinski definition) is 1. The first kappa shape index (κ1) is 7.99. The molecule has 0 heterocycles. The van der Waals surface area contributed by atoms with E-state index >= 15 is 0 Å². The highest BCUT2D eigenvalue weighted by Gasteiger charge is 2.38. The second-order valence-electron chi connectivity index (χ2n) is 3.38. The molecule has 1 aliphatic rings. The van der Waals surface area contributed by atoms with Crippen LogP contribution in [0.5, 0.6) is 0 Å². The molecule has 0 saturated heterocycles. The molecule has 10 heavy (non-hydrogen) atoms. The SMILES string of the molecule is CC(CN)C1(F)CCCC1. The summed E-state index contributed by atoms with van der Waals surface area (Å²) in [6, 6.07) is 0. The second kappa shape index (κ2) is 2.87. The van der Waals surface area contributed by atoms with Crippen molar-refractivity contribution in [2.75, 3.05) is 6.54 Å². The van der Waals surface area contributed by atoms with Gasteiger partial charge in [0.25, 0.3) is 0 Å². The maximum absolute atomic E-state index is 13.6. The third-order valence-corrected chi connectivity index (χ3v) is 2.67. The lowest BCUT2D eigenvalue weighted by molar-refractivity contribution is 0.103. The van der Waals surface area contributed by atoms with E-state index < -0.39 is 5.67 Å². The zero-order valence-corrected chi connectivity index (χ0v) is 6.57. The molecule has 2 heteroatoms. The van der Waals surface area contributed by atoms with E-state index in [-0.39, 0.29) is 5.92 Å². The Morgan fingerprint density at radius 3 is 2.40 bits per heavy atom. The highest BCUT2D eigenvalue weighted by Crippen LogP contribution is 2.38. The summed E-state index contributed by atoms with van der Waals surface area (Å²) in [6.07, 6.45) is 3.54. The van der Waals surface area contributed by atoms with Crippen molar-refractivity contribution in [2.24, 2.45) is 11.7 Å². The molecule has 0 bridgehead atoms. The maximum atomic E-state index is 13.6. The Bertz CT molecular complexity index is 108. The van der Waals surface area contributed by atoms with E-state index in [2.05, 4.69) is 0 Å². The first-order valence-electron chi connectivity index (χ1n) is 4.08. The van der Waals surface area contributed by atoms with Crippen molar-refractivity contribution < 1.29 is 4.39 Å². The van der Waals surface area contributed by atoms with Crippen LogP contribution in [0.25, 0.3) is 0 Å². The van der Waals surface area contributed by atoms with Crippen molar-refractivity contribution in [1.82, 2.24) is 0 Å². The Hall–Kier alpha value is -0.110. The van der Waals surface area contributed by atoms with Crippen LogP contribution in [0.2, 0.25) is 0 Å². The largest absolute Gasteiger partial charge is 0.330 e. The lowest BCUT2D eigenvalue weighted by Gasteiger charge is -2.25. The molecule has 0 aromatic heterocycles. The molecular weight excluding hydrogens is 129 g/mol. The summed E-state index contributed by atoms with van der Waals surface area (Å²) >= 11 is 0. The van der Waals surface area contributed by atoms with Gasteiger partial charge >= 0.3 is 0 Å². The molecule has 1 rings (SSSR count). The normalized spacial score (nSPS) is 26.7. The first-order valence-corrected chi connectivity index (χ1v) is 4.08. The van der Waals surface area contributed by atoms with Crippen LogP contribution in [-0.4, -0.2) is 12.2 Å². The zero-order chi connectivity index (χ0) is 7.61. The van der Waals surface area contributed by atoms with Gasteiger partial charge in [-0.3, -0.25) is 0 Å². The van der Waals surface area contributed by atoms with Gasteiger partial charge in [0.15, 0.2) is 0 Å². The average Bonchev–Trinajstić information content (AvgIpc) is 2.36. The van der Waals surface area contributed by atoms with E-state index in [0.29, 0.717) is 6.54 Å². The lowest BCUT2D eigenvalue weighted by Crippen LogP contribution is -2.33. The van der Waals surface area contributed by atoms with Gasteiger partial charge in [-0.1, -0.05) is 19.8 Å². The molecule has 0 spiro atoms. The first-order chi connectivity index (χ1) is 4.69. The fourth-order valence-electron chi connectivity index (χ4n) is 1.67. The van der Waals surface area contributed by atoms with Crippen LogP contribution in [0.3, 0.4) is 0 Å². The Morgan fingerprint density at radius 1 is 1.50 bits per heavy atom. The topological polar surface area (TPSA) is 26.0 Å². The number of rotatable bonds is 2. The van der Waals surface area contributed by atoms with E-state index in [1.165, 1.54) is 0 Å². The number of hydrogen-bond acceptors (Lipinski definition) is 1. The summed E-state index contributed by atoms with van der Waals surface area (Å²) in [5.74, 6) is 0.0509. The fraction of sp³-hybridized carbons (Fsp3) is 1.00. The van der Waals surface area contributed by atoms with Gasteiger partial charge in [-0.2, -0.15) is 0 Å². The van der Waals surface area contributed by atoms with Gasteiger partial charge in [-0.25, -0.2) is 4.39 Å². The predicted octanol–water partition coefficient (Wildman–Crippen LogP) is 1.86. The standard InChI is InChI=1S/C8H16FN/c1-7(6-10)8(9)4-2-3-5-8/h7H,2-6,10H2,1H3. The van der Waals surface area contributed by atoms with Crippen molar-refractivity contribution in [2.45, 2.75) is 38.3 Å². The lowest BCUT2D eigenvalue weighted by atomic mass is 9.89. The van der Waals surface area contributed by atoms with Gasteiger partial charge in [0.2, 0.25) is 0 Å². The Kier molecular flexibility index (Phi) is 2.29. The molecule has 1 fully saturated rings. The van der Waals surface area contributed by atoms with Crippen molar-refractivity contribution in [3.63, 3.8) is 0 Å². The molecule has 0 aliphatic heterocycles. The molecular formula is C8H16FN. The summed E-state index contributed by atoms with van der Waals surface area (Å²) in [5, 5.41) is 0. The smallest absolute Gasteiger partial charge is 0.114 e. The zero-order valence-electron chi connectivity index (χ0n) is 6.57. The van der Waals surface area contributed by atoms with Crippen LogP contribution < -0.4 is 5.73 Å². The van der Waals surface area contributed by atoms with Gasteiger partial charge in [-0.05, 0) is 19.4 Å².